The molecule has 0 aromatic heterocycles. The van der Waals surface area contributed by atoms with E-state index in [4.69, 9.17) is 4.74 Å². The number of methoxy groups -OCH3 is 1. The van der Waals surface area contributed by atoms with Gasteiger partial charge in [0.15, 0.2) is 0 Å². The monoisotopic (exact) mass is 452 g/mol. The van der Waals surface area contributed by atoms with Gasteiger partial charge in [-0.1, -0.05) is 36.4 Å². The van der Waals surface area contributed by atoms with Crippen LogP contribution < -0.4 is 9.64 Å². The van der Waals surface area contributed by atoms with Crippen LogP contribution in [0.25, 0.3) is 0 Å². The lowest BCUT2D eigenvalue weighted by atomic mass is 10.1. The molecule has 32 heavy (non-hydrogen) atoms. The van der Waals surface area contributed by atoms with Crippen molar-refractivity contribution in [1.82, 2.24) is 4.31 Å². The van der Waals surface area contributed by atoms with Crippen molar-refractivity contribution in [2.75, 3.05) is 18.6 Å². The second kappa shape index (κ2) is 8.35. The zero-order valence-corrected chi connectivity index (χ0v) is 18.0. The number of hydrogen-bond donors (Lipinski definition) is 1. The Labute approximate surface area is 185 Å². The van der Waals surface area contributed by atoms with E-state index in [-0.39, 0.29) is 28.4 Å². The third-order valence-electron chi connectivity index (χ3n) is 5.16. The molecule has 9 heteroatoms. The molecular formula is C23H20N2O6S. The van der Waals surface area contributed by atoms with Crippen LogP contribution in [0.3, 0.4) is 0 Å². The molecule has 0 radical (unpaired) electrons. The van der Waals surface area contributed by atoms with Gasteiger partial charge in [0.1, 0.15) is 22.9 Å². The second-order valence-electron chi connectivity index (χ2n) is 7.13. The molecular weight excluding hydrogens is 432 g/mol. The number of phenolic OH excluding ortho intramolecular Hbond substituents is 1. The van der Waals surface area contributed by atoms with Crippen molar-refractivity contribution in [3.05, 3.63) is 83.9 Å². The van der Waals surface area contributed by atoms with Crippen molar-refractivity contribution in [3.63, 3.8) is 0 Å². The molecule has 1 heterocycles. The van der Waals surface area contributed by atoms with Crippen LogP contribution in [0.5, 0.6) is 11.5 Å². The van der Waals surface area contributed by atoms with Gasteiger partial charge < -0.3 is 14.7 Å². The van der Waals surface area contributed by atoms with E-state index in [1.54, 1.807) is 55.6 Å². The Balaban J connectivity index is 1.66. The van der Waals surface area contributed by atoms with Crippen molar-refractivity contribution in [1.29, 1.82) is 0 Å². The van der Waals surface area contributed by atoms with Gasteiger partial charge >= 0.3 is 0 Å². The Morgan fingerprint density at radius 2 is 1.66 bits per heavy atom. The standard InChI is InChI=1S/C23H20N2O6S/c1-31-17-12-10-16(11-13-17)14-24(19-7-3-4-8-20(19)26)22(27)15-25-23(28)18-6-2-5-9-21(18)32(25,29)30/h2-13,26H,14-15H2,1H3. The maximum absolute atomic E-state index is 13.3. The van der Waals surface area contributed by atoms with Crippen LogP contribution >= 0.6 is 0 Å². The molecule has 0 saturated heterocycles. The zero-order valence-electron chi connectivity index (χ0n) is 17.1. The highest BCUT2D eigenvalue weighted by Gasteiger charge is 2.42. The summed E-state index contributed by atoms with van der Waals surface area (Å²) in [7, 11) is -2.60. The fourth-order valence-corrected chi connectivity index (χ4v) is 5.03. The summed E-state index contributed by atoms with van der Waals surface area (Å²) in [5.74, 6) is -0.920. The highest BCUT2D eigenvalue weighted by molar-refractivity contribution is 7.90. The van der Waals surface area contributed by atoms with Gasteiger partial charge in [-0.15, -0.1) is 0 Å². The lowest BCUT2D eigenvalue weighted by Crippen LogP contribution is -2.42. The first-order valence-electron chi connectivity index (χ1n) is 9.70. The number of benzene rings is 3. The summed E-state index contributed by atoms with van der Waals surface area (Å²) in [5, 5.41) is 10.3. The zero-order chi connectivity index (χ0) is 22.9. The van der Waals surface area contributed by atoms with Crippen molar-refractivity contribution in [2.24, 2.45) is 0 Å². The minimum absolute atomic E-state index is 0.0320. The van der Waals surface area contributed by atoms with Gasteiger partial charge in [-0.05, 0) is 42.0 Å². The number of rotatable bonds is 6. The second-order valence-corrected chi connectivity index (χ2v) is 8.96. The largest absolute Gasteiger partial charge is 0.506 e. The summed E-state index contributed by atoms with van der Waals surface area (Å²) >= 11 is 0. The summed E-state index contributed by atoms with van der Waals surface area (Å²) in [6, 6.07) is 19.0. The minimum Gasteiger partial charge on any atom is -0.506 e. The number of carbonyl (C=O) groups is 2. The Hall–Kier alpha value is -3.85. The first kappa shape index (κ1) is 21.4. The lowest BCUT2D eigenvalue weighted by molar-refractivity contribution is -0.118. The molecule has 2 amide bonds. The Kier molecular flexibility index (Phi) is 5.58. The third kappa shape index (κ3) is 3.78. The quantitative estimate of drug-likeness (QED) is 0.617. The number of phenols is 1. The molecule has 0 aliphatic carbocycles. The van der Waals surface area contributed by atoms with Gasteiger partial charge in [0.2, 0.25) is 5.91 Å². The van der Waals surface area contributed by atoms with E-state index in [1.165, 1.54) is 29.2 Å². The summed E-state index contributed by atoms with van der Waals surface area (Å²) in [6.07, 6.45) is 0. The molecule has 0 spiro atoms. The van der Waals surface area contributed by atoms with Gasteiger partial charge in [-0.3, -0.25) is 9.59 Å². The number of carbonyl (C=O) groups excluding carboxylic acids is 2. The van der Waals surface area contributed by atoms with Crippen molar-refractivity contribution in [2.45, 2.75) is 11.4 Å². The summed E-state index contributed by atoms with van der Waals surface area (Å²) < 4.78 is 31.4. The molecule has 8 nitrogen and oxygen atoms in total. The molecule has 0 unspecified atom stereocenters. The molecule has 1 aliphatic heterocycles. The highest BCUT2D eigenvalue weighted by Crippen LogP contribution is 2.32. The maximum Gasteiger partial charge on any atom is 0.269 e. The molecule has 1 aliphatic rings. The smallest absolute Gasteiger partial charge is 0.269 e. The number of nitrogens with zero attached hydrogens (tertiary/aromatic N) is 2. The molecule has 164 valence electrons. The first-order chi connectivity index (χ1) is 15.3. The Bertz CT molecular complexity index is 1290. The number of para-hydroxylation sites is 2. The lowest BCUT2D eigenvalue weighted by Gasteiger charge is -2.26. The van der Waals surface area contributed by atoms with Crippen LogP contribution in [0.4, 0.5) is 5.69 Å². The van der Waals surface area contributed by atoms with Crippen LogP contribution in [0, 0.1) is 0 Å². The predicted molar refractivity (Wildman–Crippen MR) is 117 cm³/mol. The average molecular weight is 452 g/mol. The SMILES string of the molecule is COc1ccc(CN(C(=O)CN2C(=O)c3ccccc3S2(=O)=O)c2ccccc2O)cc1. The van der Waals surface area contributed by atoms with Gasteiger partial charge in [-0.2, -0.15) is 0 Å². The van der Waals surface area contributed by atoms with E-state index in [9.17, 15) is 23.1 Å². The normalized spacial score (nSPS) is 14.2. The molecule has 0 fully saturated rings. The van der Waals surface area contributed by atoms with E-state index < -0.39 is 28.4 Å². The number of hydrogen-bond acceptors (Lipinski definition) is 6. The summed E-state index contributed by atoms with van der Waals surface area (Å²) in [5.41, 5.74) is 0.959. The average Bonchev–Trinajstić information content (AvgIpc) is 2.99. The van der Waals surface area contributed by atoms with E-state index in [0.717, 1.165) is 5.56 Å². The fourth-order valence-electron chi connectivity index (χ4n) is 3.51. The van der Waals surface area contributed by atoms with Crippen molar-refractivity contribution >= 4 is 27.5 Å². The van der Waals surface area contributed by atoms with Crippen molar-refractivity contribution in [3.8, 4) is 11.5 Å². The molecule has 0 saturated carbocycles. The molecule has 0 bridgehead atoms. The topological polar surface area (TPSA) is 104 Å². The molecule has 4 rings (SSSR count). The van der Waals surface area contributed by atoms with Gasteiger partial charge in [0.05, 0.1) is 24.9 Å². The van der Waals surface area contributed by atoms with Crippen LogP contribution in [-0.2, 0) is 21.4 Å². The number of ether oxygens (including phenoxy) is 1. The van der Waals surface area contributed by atoms with Gasteiger partial charge in [-0.25, -0.2) is 12.7 Å². The third-order valence-corrected chi connectivity index (χ3v) is 6.95. The molecule has 0 atom stereocenters. The van der Waals surface area contributed by atoms with Gasteiger partial charge in [0, 0.05) is 0 Å². The number of anilines is 1. The van der Waals surface area contributed by atoms with Crippen LogP contribution in [0.2, 0.25) is 0 Å². The van der Waals surface area contributed by atoms with Crippen molar-refractivity contribution < 1.29 is 27.9 Å². The van der Waals surface area contributed by atoms with E-state index in [2.05, 4.69) is 0 Å². The summed E-state index contributed by atoms with van der Waals surface area (Å²) in [6.45, 7) is -0.643. The van der Waals surface area contributed by atoms with Crippen LogP contribution in [0.15, 0.2) is 77.7 Å². The van der Waals surface area contributed by atoms with Crippen LogP contribution in [-0.4, -0.2) is 43.3 Å². The molecule has 3 aromatic carbocycles. The molecule has 3 aromatic rings. The number of aromatic hydroxyl groups is 1. The minimum atomic E-state index is -4.14. The van der Waals surface area contributed by atoms with Crippen LogP contribution in [0.1, 0.15) is 15.9 Å². The Morgan fingerprint density at radius 1 is 1.00 bits per heavy atom. The Morgan fingerprint density at radius 3 is 2.31 bits per heavy atom. The number of fused-ring (bicyclic) bond motifs is 1. The highest BCUT2D eigenvalue weighted by atomic mass is 32.2. The maximum atomic E-state index is 13.3. The van der Waals surface area contributed by atoms with E-state index in [1.807, 2.05) is 0 Å². The van der Waals surface area contributed by atoms with E-state index >= 15 is 0 Å². The number of amides is 2. The first-order valence-corrected chi connectivity index (χ1v) is 11.1. The fraction of sp³-hybridized carbons (Fsp3) is 0.130. The van der Waals surface area contributed by atoms with E-state index in [0.29, 0.717) is 10.1 Å². The van der Waals surface area contributed by atoms with Gasteiger partial charge in [0.25, 0.3) is 15.9 Å². The summed E-state index contributed by atoms with van der Waals surface area (Å²) in [4.78, 5) is 27.1. The molecule has 1 N–H and O–H groups in total. The predicted octanol–water partition coefficient (Wildman–Crippen LogP) is 2.78. The number of sulfonamides is 1.